The van der Waals surface area contributed by atoms with Gasteiger partial charge in [-0.05, 0) is 0 Å². The molecule has 0 aliphatic rings. The normalized spacial score (nSPS) is 10.5. The number of hydrogen-bond acceptors (Lipinski definition) is 4. The maximum atomic E-state index is 8.78. The fourth-order valence-corrected chi connectivity index (χ4v) is 0.982. The zero-order valence-electron chi connectivity index (χ0n) is 7.75. The first-order valence-corrected chi connectivity index (χ1v) is 3.81. The van der Waals surface area contributed by atoms with Gasteiger partial charge in [0.1, 0.15) is 23.4 Å². The summed E-state index contributed by atoms with van der Waals surface area (Å²) in [5, 5.41) is 21.1. The molecule has 0 saturated carbocycles. The van der Waals surface area contributed by atoms with Crippen LogP contribution in [0.4, 0.5) is 0 Å². The molecule has 1 aromatic heterocycles. The maximum absolute atomic E-state index is 8.78. The lowest BCUT2D eigenvalue weighted by Crippen LogP contribution is -2.13. The van der Waals surface area contributed by atoms with Crippen LogP contribution in [0.1, 0.15) is 37.8 Å². The van der Waals surface area contributed by atoms with E-state index < -0.39 is 0 Å². The molecule has 4 nitrogen and oxygen atoms in total. The quantitative estimate of drug-likeness (QED) is 0.601. The van der Waals surface area contributed by atoms with Crippen molar-refractivity contribution >= 4 is 0 Å². The van der Waals surface area contributed by atoms with Crippen LogP contribution >= 0.6 is 0 Å². The van der Waals surface area contributed by atoms with Gasteiger partial charge in [-0.3, -0.25) is 0 Å². The Kier molecular flexibility index (Phi) is 2.08. The molecule has 0 amide bonds. The van der Waals surface area contributed by atoms with E-state index in [0.29, 0.717) is 5.69 Å². The molecule has 1 heterocycles. The van der Waals surface area contributed by atoms with Crippen LogP contribution in [0.15, 0.2) is 4.52 Å². The summed E-state index contributed by atoms with van der Waals surface area (Å²) in [5.41, 5.74) is 0.505. The highest BCUT2D eigenvalue weighted by Crippen LogP contribution is 2.25. The third kappa shape index (κ3) is 1.52. The average Bonchev–Trinajstić information content (AvgIpc) is 2.45. The third-order valence-electron chi connectivity index (χ3n) is 1.62. The second-order valence-electron chi connectivity index (χ2n) is 3.71. The summed E-state index contributed by atoms with van der Waals surface area (Å²) in [4.78, 5) is 0. The zero-order valence-corrected chi connectivity index (χ0v) is 7.75. The molecule has 0 bridgehead atoms. The van der Waals surface area contributed by atoms with E-state index in [-0.39, 0.29) is 16.7 Å². The monoisotopic (exact) mass is 175 g/mol. The molecule has 0 atom stereocenters. The Morgan fingerprint density at radius 3 is 2.23 bits per heavy atom. The number of nitrogens with zero attached hydrogens (tertiary/aromatic N) is 3. The van der Waals surface area contributed by atoms with Crippen molar-refractivity contribution in [2.45, 2.75) is 26.2 Å². The summed E-state index contributed by atoms with van der Waals surface area (Å²) in [5.74, 6) is -0.00701. The second-order valence-corrected chi connectivity index (χ2v) is 3.71. The Hall–Kier alpha value is -1.81. The van der Waals surface area contributed by atoms with E-state index in [1.807, 2.05) is 26.8 Å². The van der Waals surface area contributed by atoms with Crippen molar-refractivity contribution in [1.82, 2.24) is 5.16 Å². The first kappa shape index (κ1) is 9.28. The predicted octanol–water partition coefficient (Wildman–Crippen LogP) is 1.72. The summed E-state index contributed by atoms with van der Waals surface area (Å²) in [6.45, 7) is 5.73. The minimum Gasteiger partial charge on any atom is -0.344 e. The van der Waals surface area contributed by atoms with Gasteiger partial charge in [0.05, 0.1) is 0 Å². The van der Waals surface area contributed by atoms with Gasteiger partial charge >= 0.3 is 0 Å². The maximum Gasteiger partial charge on any atom is 0.254 e. The molecule has 1 rings (SSSR count). The van der Waals surface area contributed by atoms with Gasteiger partial charge in [-0.15, -0.1) is 0 Å². The van der Waals surface area contributed by atoms with E-state index >= 15 is 0 Å². The van der Waals surface area contributed by atoms with E-state index in [2.05, 4.69) is 5.16 Å². The van der Waals surface area contributed by atoms with Crippen LogP contribution < -0.4 is 0 Å². The lowest BCUT2D eigenvalue weighted by molar-refractivity contribution is 0.385. The van der Waals surface area contributed by atoms with E-state index in [1.54, 1.807) is 6.07 Å². The van der Waals surface area contributed by atoms with E-state index in [1.165, 1.54) is 0 Å². The van der Waals surface area contributed by atoms with Crippen molar-refractivity contribution in [2.24, 2.45) is 0 Å². The fourth-order valence-electron chi connectivity index (χ4n) is 0.982. The summed E-state index contributed by atoms with van der Waals surface area (Å²) in [6.07, 6.45) is 0. The molecule has 0 N–H and O–H groups in total. The van der Waals surface area contributed by atoms with E-state index in [9.17, 15) is 0 Å². The first-order chi connectivity index (χ1) is 6.00. The standard InChI is InChI=1S/C9H9N3O/c1-9(2,3)8-6(4-10)7(5-11)13-12-8/h1-3H3. The predicted molar refractivity (Wildman–Crippen MR) is 44.6 cm³/mol. The average molecular weight is 175 g/mol. The summed E-state index contributed by atoms with van der Waals surface area (Å²) in [6, 6.07) is 3.71. The van der Waals surface area contributed by atoms with Gasteiger partial charge in [-0.2, -0.15) is 10.5 Å². The molecule has 0 aliphatic heterocycles. The van der Waals surface area contributed by atoms with Crippen molar-refractivity contribution < 1.29 is 4.52 Å². The third-order valence-corrected chi connectivity index (χ3v) is 1.62. The number of nitriles is 2. The van der Waals surface area contributed by atoms with Crippen LogP contribution in [0.2, 0.25) is 0 Å². The van der Waals surface area contributed by atoms with E-state index in [4.69, 9.17) is 15.0 Å². The molecular formula is C9H9N3O. The highest BCUT2D eigenvalue weighted by Gasteiger charge is 2.25. The van der Waals surface area contributed by atoms with Crippen molar-refractivity contribution in [3.05, 3.63) is 17.0 Å². The molecule has 0 spiro atoms. The van der Waals surface area contributed by atoms with Crippen LogP contribution in [0, 0.1) is 22.7 Å². The molecule has 0 saturated heterocycles. The van der Waals surface area contributed by atoms with E-state index in [0.717, 1.165) is 0 Å². The van der Waals surface area contributed by atoms with Gasteiger partial charge in [0.2, 0.25) is 0 Å². The number of hydrogen-bond donors (Lipinski definition) is 0. The minimum absolute atomic E-state index is 0.00701. The first-order valence-electron chi connectivity index (χ1n) is 3.81. The highest BCUT2D eigenvalue weighted by molar-refractivity contribution is 5.44. The smallest absolute Gasteiger partial charge is 0.254 e. The van der Waals surface area contributed by atoms with Crippen molar-refractivity contribution in [3.63, 3.8) is 0 Å². The Bertz CT molecular complexity index is 398. The molecule has 0 unspecified atom stereocenters. The van der Waals surface area contributed by atoms with Gasteiger partial charge in [0, 0.05) is 5.41 Å². The SMILES string of the molecule is CC(C)(C)c1noc(C#N)c1C#N. The molecule has 0 fully saturated rings. The fraction of sp³-hybridized carbons (Fsp3) is 0.444. The van der Waals surface area contributed by atoms with Gasteiger partial charge < -0.3 is 4.52 Å². The van der Waals surface area contributed by atoms with Crippen LogP contribution in [0.3, 0.4) is 0 Å². The van der Waals surface area contributed by atoms with Gasteiger partial charge in [0.15, 0.2) is 0 Å². The summed E-state index contributed by atoms with van der Waals surface area (Å²) in [7, 11) is 0. The minimum atomic E-state index is -0.274. The molecular weight excluding hydrogens is 166 g/mol. The Balaban J connectivity index is 3.37. The van der Waals surface area contributed by atoms with Gasteiger partial charge in [-0.1, -0.05) is 25.9 Å². The van der Waals surface area contributed by atoms with Crippen molar-refractivity contribution in [1.29, 1.82) is 10.5 Å². The molecule has 0 aliphatic carbocycles. The van der Waals surface area contributed by atoms with Gasteiger partial charge in [0.25, 0.3) is 5.76 Å². The summed E-state index contributed by atoms with van der Waals surface area (Å²) >= 11 is 0. The van der Waals surface area contributed by atoms with Crippen molar-refractivity contribution in [2.75, 3.05) is 0 Å². The number of aromatic nitrogens is 1. The molecule has 0 aromatic carbocycles. The molecule has 4 heteroatoms. The van der Waals surface area contributed by atoms with Gasteiger partial charge in [-0.25, -0.2) is 0 Å². The van der Waals surface area contributed by atoms with Crippen molar-refractivity contribution in [3.8, 4) is 12.1 Å². The molecule has 66 valence electrons. The number of rotatable bonds is 0. The molecule has 13 heavy (non-hydrogen) atoms. The molecule has 1 aromatic rings. The molecule has 0 radical (unpaired) electrons. The topological polar surface area (TPSA) is 73.6 Å². The Morgan fingerprint density at radius 1 is 1.23 bits per heavy atom. The summed E-state index contributed by atoms with van der Waals surface area (Å²) < 4.78 is 4.73. The van der Waals surface area contributed by atoms with Crippen LogP contribution in [0.5, 0.6) is 0 Å². The van der Waals surface area contributed by atoms with Crippen LogP contribution in [0.25, 0.3) is 0 Å². The highest BCUT2D eigenvalue weighted by atomic mass is 16.5. The van der Waals surface area contributed by atoms with Crippen LogP contribution in [-0.4, -0.2) is 5.16 Å². The zero-order chi connectivity index (χ0) is 10.1. The Labute approximate surface area is 76.4 Å². The largest absolute Gasteiger partial charge is 0.344 e. The second kappa shape index (κ2) is 2.91. The Morgan fingerprint density at radius 2 is 1.85 bits per heavy atom. The lowest BCUT2D eigenvalue weighted by Gasteiger charge is -2.13. The van der Waals surface area contributed by atoms with Crippen LogP contribution in [-0.2, 0) is 5.41 Å². The lowest BCUT2D eigenvalue weighted by atomic mass is 9.89.